The van der Waals surface area contributed by atoms with Gasteiger partial charge in [-0.3, -0.25) is 15.0 Å². The highest BCUT2D eigenvalue weighted by atomic mass is 16.5. The van der Waals surface area contributed by atoms with Gasteiger partial charge in [0.15, 0.2) is 5.90 Å². The number of unbranched alkanes of at least 4 members (excludes halogenated alkanes) is 27. The van der Waals surface area contributed by atoms with Crippen molar-refractivity contribution in [2.75, 3.05) is 39.4 Å². The molecule has 1 heterocycles. The first-order chi connectivity index (χ1) is 34.4. The van der Waals surface area contributed by atoms with Gasteiger partial charge in [0.1, 0.15) is 0 Å². The highest BCUT2D eigenvalue weighted by Gasteiger charge is 2.24. The summed E-state index contributed by atoms with van der Waals surface area (Å²) in [7, 11) is 0. The molecule has 0 aromatic rings. The van der Waals surface area contributed by atoms with Crippen LogP contribution in [-0.2, 0) is 19.1 Å². The number of hydrogen-bond donors (Lipinski definition) is 1. The molecule has 70 heavy (non-hydrogen) atoms. The lowest BCUT2D eigenvalue weighted by molar-refractivity contribution is -0.145. The number of carbonyl (C=O) groups excluding carboxylic acids is 2. The van der Waals surface area contributed by atoms with Gasteiger partial charge in [0.2, 0.25) is 5.91 Å². The maximum Gasteiger partial charge on any atom is 0.305 e. The molecule has 0 bridgehead atoms. The molecule has 7 heteroatoms. The second kappa shape index (κ2) is 50.9. The van der Waals surface area contributed by atoms with Gasteiger partial charge >= 0.3 is 5.97 Å². The van der Waals surface area contributed by atoms with Crippen molar-refractivity contribution in [3.05, 3.63) is 0 Å². The Bertz CT molecular complexity index is 1080. The van der Waals surface area contributed by atoms with Gasteiger partial charge in [0, 0.05) is 31.8 Å². The van der Waals surface area contributed by atoms with E-state index in [0.717, 1.165) is 83.7 Å². The Hall–Kier alpha value is -1.63. The van der Waals surface area contributed by atoms with Crippen molar-refractivity contribution in [3.63, 3.8) is 0 Å². The quantitative estimate of drug-likeness (QED) is 0.0284. The monoisotopic (exact) mass is 986 g/mol. The molecule has 0 aromatic heterocycles. The molecular formula is C63H123N3O4. The van der Waals surface area contributed by atoms with Gasteiger partial charge < -0.3 is 19.3 Å². The van der Waals surface area contributed by atoms with Gasteiger partial charge in [-0.15, -0.1) is 0 Å². The van der Waals surface area contributed by atoms with Crippen LogP contribution in [0.25, 0.3) is 0 Å². The predicted octanol–water partition coefficient (Wildman–Crippen LogP) is 19.3. The summed E-state index contributed by atoms with van der Waals surface area (Å²) in [6.45, 7) is 17.0. The summed E-state index contributed by atoms with van der Waals surface area (Å²) in [5.41, 5.74) is 0. The number of esters is 1. The Morgan fingerprint density at radius 1 is 0.429 bits per heavy atom. The first-order valence-corrected chi connectivity index (χ1v) is 31.8. The molecule has 3 atom stereocenters. The lowest BCUT2D eigenvalue weighted by atomic mass is 9.95. The van der Waals surface area contributed by atoms with Crippen LogP contribution < -0.4 is 0 Å². The fourth-order valence-electron chi connectivity index (χ4n) is 11.0. The van der Waals surface area contributed by atoms with Crippen LogP contribution in [0.3, 0.4) is 0 Å². The van der Waals surface area contributed by atoms with Crippen molar-refractivity contribution in [2.24, 2.45) is 11.8 Å². The van der Waals surface area contributed by atoms with Crippen LogP contribution >= 0.6 is 0 Å². The third-order valence-corrected chi connectivity index (χ3v) is 15.8. The number of rotatable bonds is 54. The average Bonchev–Trinajstić information content (AvgIpc) is 3.89. The Balaban J connectivity index is 2.85. The zero-order valence-electron chi connectivity index (χ0n) is 48.0. The average molecular weight is 987 g/mol. The molecule has 1 fully saturated rings. The number of ether oxygens (including phenoxy) is 2. The summed E-state index contributed by atoms with van der Waals surface area (Å²) in [5.74, 6) is 1.90. The number of carbonyl (C=O) groups is 2. The van der Waals surface area contributed by atoms with Crippen LogP contribution in [0, 0.1) is 17.2 Å². The lowest BCUT2D eigenvalue weighted by Crippen LogP contribution is -2.41. The minimum atomic E-state index is -0.0163. The maximum atomic E-state index is 14.3. The summed E-state index contributed by atoms with van der Waals surface area (Å²) in [6.07, 6.45) is 54.7. The Morgan fingerprint density at radius 3 is 1.27 bits per heavy atom. The molecule has 0 aliphatic carbocycles. The Morgan fingerprint density at radius 2 is 0.800 bits per heavy atom. The van der Waals surface area contributed by atoms with Gasteiger partial charge in [-0.05, 0) is 109 Å². The summed E-state index contributed by atoms with van der Waals surface area (Å²) >= 11 is 0. The fraction of sp³-hybridized carbons (Fsp3) is 0.952. The van der Waals surface area contributed by atoms with Gasteiger partial charge in [0.05, 0.1) is 13.2 Å². The summed E-state index contributed by atoms with van der Waals surface area (Å²) in [4.78, 5) is 32.2. The highest BCUT2D eigenvalue weighted by Crippen LogP contribution is 2.24. The zero-order chi connectivity index (χ0) is 50.8. The van der Waals surface area contributed by atoms with Gasteiger partial charge in [-0.1, -0.05) is 234 Å². The van der Waals surface area contributed by atoms with E-state index in [2.05, 4.69) is 44.4 Å². The molecule has 1 N–H and O–H groups in total. The molecular weight excluding hydrogens is 863 g/mol. The SMILES string of the molecule is CCCCCCCCCCN(C(=O)CCCN1CCCC1)C(CCCCCC(=N)OCC(CCCCCC)CCCCCCCC)CCCCCC(=O)OCC(CCCCCC)CCCCCCCC. The molecule has 0 radical (unpaired) electrons. The van der Waals surface area contributed by atoms with E-state index in [1.54, 1.807) is 0 Å². The Labute approximate surface area is 437 Å². The molecule has 0 aromatic carbocycles. The predicted molar refractivity (Wildman–Crippen MR) is 304 cm³/mol. The van der Waals surface area contributed by atoms with Crippen molar-refractivity contribution in [1.82, 2.24) is 9.80 Å². The van der Waals surface area contributed by atoms with E-state index in [1.807, 2.05) is 0 Å². The fourth-order valence-corrected chi connectivity index (χ4v) is 11.0. The first kappa shape index (κ1) is 66.4. The Kier molecular flexibility index (Phi) is 48.3. The van der Waals surface area contributed by atoms with E-state index in [4.69, 9.17) is 14.9 Å². The van der Waals surface area contributed by atoms with Crippen LogP contribution in [0.15, 0.2) is 0 Å². The first-order valence-electron chi connectivity index (χ1n) is 31.8. The maximum absolute atomic E-state index is 14.3. The third-order valence-electron chi connectivity index (χ3n) is 15.8. The second-order valence-corrected chi connectivity index (χ2v) is 22.5. The van der Waals surface area contributed by atoms with Crippen molar-refractivity contribution in [3.8, 4) is 0 Å². The number of nitrogens with zero attached hydrogens (tertiary/aromatic N) is 2. The number of amides is 1. The largest absolute Gasteiger partial charge is 0.481 e. The minimum Gasteiger partial charge on any atom is -0.481 e. The van der Waals surface area contributed by atoms with Crippen molar-refractivity contribution >= 4 is 17.8 Å². The van der Waals surface area contributed by atoms with Crippen molar-refractivity contribution < 1.29 is 19.1 Å². The van der Waals surface area contributed by atoms with Crippen LogP contribution in [0.1, 0.15) is 330 Å². The van der Waals surface area contributed by atoms with Gasteiger partial charge in [0.25, 0.3) is 0 Å². The van der Waals surface area contributed by atoms with E-state index in [1.165, 1.54) is 225 Å². The van der Waals surface area contributed by atoms with Gasteiger partial charge in [-0.2, -0.15) is 0 Å². The van der Waals surface area contributed by atoms with Crippen molar-refractivity contribution in [1.29, 1.82) is 5.41 Å². The summed E-state index contributed by atoms with van der Waals surface area (Å²) in [5, 5.41) is 8.73. The highest BCUT2D eigenvalue weighted by molar-refractivity contribution is 5.76. The lowest BCUT2D eigenvalue weighted by Gasteiger charge is -2.33. The zero-order valence-corrected chi connectivity index (χ0v) is 48.0. The second-order valence-electron chi connectivity index (χ2n) is 22.5. The molecule has 0 spiro atoms. The third kappa shape index (κ3) is 40.8. The normalized spacial score (nSPS) is 14.2. The van der Waals surface area contributed by atoms with Crippen LogP contribution in [0.5, 0.6) is 0 Å². The number of nitrogens with one attached hydrogen (secondary N) is 1. The molecule has 1 saturated heterocycles. The van der Waals surface area contributed by atoms with Crippen LogP contribution in [0.2, 0.25) is 0 Å². The smallest absolute Gasteiger partial charge is 0.305 e. The molecule has 1 aliphatic heterocycles. The summed E-state index contributed by atoms with van der Waals surface area (Å²) < 4.78 is 12.2. The topological polar surface area (TPSA) is 82.9 Å². The number of hydrogen-bond acceptors (Lipinski definition) is 6. The van der Waals surface area contributed by atoms with Crippen LogP contribution in [-0.4, -0.2) is 73.0 Å². The molecule has 414 valence electrons. The van der Waals surface area contributed by atoms with Gasteiger partial charge in [-0.25, -0.2) is 0 Å². The van der Waals surface area contributed by atoms with E-state index < -0.39 is 0 Å². The van der Waals surface area contributed by atoms with Crippen LogP contribution in [0.4, 0.5) is 0 Å². The van der Waals surface area contributed by atoms with E-state index >= 15 is 0 Å². The molecule has 0 saturated carbocycles. The molecule has 7 nitrogen and oxygen atoms in total. The van der Waals surface area contributed by atoms with E-state index in [-0.39, 0.29) is 12.0 Å². The molecule has 3 unspecified atom stereocenters. The van der Waals surface area contributed by atoms with E-state index in [0.29, 0.717) is 49.7 Å². The molecule has 1 aliphatic rings. The molecule has 1 amide bonds. The van der Waals surface area contributed by atoms with E-state index in [9.17, 15) is 9.59 Å². The number of likely N-dealkylation sites (tertiary alicyclic amines) is 1. The molecule has 1 rings (SSSR count). The standard InChI is InChI=1S/C63H123N3O4/c1-6-11-16-21-24-25-28-39-55-66(62(67)50-42-54-65-52-40-41-53-65)60(47-35-29-37-49-61(64)69-56-58(43-31-19-14-9-4)45-33-26-22-17-12-7-2)48-36-30-38-51-63(68)70-57-59(44-32-20-15-10-5)46-34-27-23-18-13-8-3/h58-60,64H,6-57H2,1-5H3. The summed E-state index contributed by atoms with van der Waals surface area (Å²) in [6, 6.07) is 0.248. The minimum absolute atomic E-state index is 0.0163. The van der Waals surface area contributed by atoms with Crippen molar-refractivity contribution in [2.45, 2.75) is 336 Å².